The van der Waals surface area contributed by atoms with Crippen molar-refractivity contribution in [3.8, 4) is 0 Å². The molecule has 116 valence electrons. The highest BCUT2D eigenvalue weighted by molar-refractivity contribution is 7.10. The van der Waals surface area contributed by atoms with Crippen molar-refractivity contribution in [1.82, 2.24) is 19.7 Å². The second kappa shape index (κ2) is 6.04. The molecule has 3 aromatic rings. The lowest BCUT2D eigenvalue weighted by Gasteiger charge is -2.18. The first-order valence-electron chi connectivity index (χ1n) is 7.58. The van der Waals surface area contributed by atoms with E-state index in [2.05, 4.69) is 44.8 Å². The molecule has 0 aliphatic carbocycles. The van der Waals surface area contributed by atoms with Crippen LogP contribution in [0.2, 0.25) is 0 Å². The predicted molar refractivity (Wildman–Crippen MR) is 91.4 cm³/mol. The van der Waals surface area contributed by atoms with Crippen molar-refractivity contribution in [1.29, 1.82) is 0 Å². The van der Waals surface area contributed by atoms with Crippen LogP contribution in [0.1, 0.15) is 42.2 Å². The molecule has 1 N–H and O–H groups in total. The number of fused-ring (bicyclic) bond motifs is 1. The summed E-state index contributed by atoms with van der Waals surface area (Å²) in [5.41, 5.74) is 1.84. The number of rotatable bonds is 5. The van der Waals surface area contributed by atoms with Gasteiger partial charge in [-0.25, -0.2) is 9.97 Å². The molecule has 0 bridgehead atoms. The molecule has 3 heterocycles. The summed E-state index contributed by atoms with van der Waals surface area (Å²) in [6.07, 6.45) is 2.19. The minimum atomic E-state index is 0.280. The van der Waals surface area contributed by atoms with Gasteiger partial charge in [-0.2, -0.15) is 5.10 Å². The van der Waals surface area contributed by atoms with Gasteiger partial charge in [0, 0.05) is 11.9 Å². The Labute approximate surface area is 134 Å². The Morgan fingerprint density at radius 2 is 2.14 bits per heavy atom. The fraction of sp³-hybridized carbons (Fsp3) is 0.438. The smallest absolute Gasteiger partial charge is 0.163 e. The topological polar surface area (TPSA) is 55.6 Å². The lowest BCUT2D eigenvalue weighted by Crippen LogP contribution is -2.11. The molecular formula is C16H21N5S. The number of hydrogen-bond acceptors (Lipinski definition) is 5. The molecule has 0 saturated heterocycles. The van der Waals surface area contributed by atoms with E-state index in [0.29, 0.717) is 0 Å². The van der Waals surface area contributed by atoms with Gasteiger partial charge in [-0.1, -0.05) is 19.4 Å². The average molecular weight is 315 g/mol. The van der Waals surface area contributed by atoms with Crippen LogP contribution in [0.25, 0.3) is 11.0 Å². The molecule has 0 unspecified atom stereocenters. The molecular weight excluding hydrogens is 294 g/mol. The van der Waals surface area contributed by atoms with E-state index in [9.17, 15) is 0 Å². The van der Waals surface area contributed by atoms with E-state index in [0.717, 1.165) is 41.2 Å². The first kappa shape index (κ1) is 15.0. The molecule has 22 heavy (non-hydrogen) atoms. The van der Waals surface area contributed by atoms with Crippen LogP contribution in [0.3, 0.4) is 0 Å². The van der Waals surface area contributed by atoms with E-state index in [4.69, 9.17) is 0 Å². The maximum atomic E-state index is 4.64. The molecule has 0 fully saturated rings. The third-order valence-electron chi connectivity index (χ3n) is 3.74. The Balaban J connectivity index is 2.05. The van der Waals surface area contributed by atoms with Gasteiger partial charge in [0.15, 0.2) is 5.65 Å². The number of aryl methyl sites for hydroxylation is 3. The Morgan fingerprint density at radius 3 is 2.82 bits per heavy atom. The van der Waals surface area contributed by atoms with Crippen LogP contribution in [0, 0.1) is 13.8 Å². The van der Waals surface area contributed by atoms with Crippen LogP contribution in [-0.2, 0) is 7.05 Å². The molecule has 0 spiro atoms. The summed E-state index contributed by atoms with van der Waals surface area (Å²) in [7, 11) is 1.92. The van der Waals surface area contributed by atoms with E-state index >= 15 is 0 Å². The predicted octanol–water partition coefficient (Wildman–Crippen LogP) is 3.99. The fourth-order valence-corrected chi connectivity index (χ4v) is 3.59. The summed E-state index contributed by atoms with van der Waals surface area (Å²) in [6, 6.07) is 4.56. The highest BCUT2D eigenvalue weighted by Crippen LogP contribution is 2.30. The molecule has 0 aliphatic rings. The number of aromatic nitrogens is 4. The van der Waals surface area contributed by atoms with Crippen molar-refractivity contribution in [3.63, 3.8) is 0 Å². The summed E-state index contributed by atoms with van der Waals surface area (Å²) in [5, 5.41) is 11.3. The first-order chi connectivity index (χ1) is 10.6. The second-order valence-corrected chi connectivity index (χ2v) is 6.51. The first-order valence-corrected chi connectivity index (χ1v) is 8.46. The molecule has 0 amide bonds. The summed E-state index contributed by atoms with van der Waals surface area (Å²) in [6.45, 7) is 6.14. The van der Waals surface area contributed by atoms with Crippen molar-refractivity contribution in [2.45, 2.75) is 39.7 Å². The summed E-state index contributed by atoms with van der Waals surface area (Å²) >= 11 is 1.78. The zero-order chi connectivity index (χ0) is 15.7. The van der Waals surface area contributed by atoms with Gasteiger partial charge in [0.2, 0.25) is 0 Å². The zero-order valence-electron chi connectivity index (χ0n) is 13.4. The fourth-order valence-electron chi connectivity index (χ4n) is 2.78. The Kier molecular flexibility index (Phi) is 4.11. The standard InChI is InChI=1S/C16H21N5S/c1-5-7-12(13-8-6-9-22-13)19-15-14-10(2)20-21(4)16(14)18-11(3)17-15/h6,8-9,12H,5,7H2,1-4H3,(H,17,18,19)/t12-/m0/s1. The summed E-state index contributed by atoms with van der Waals surface area (Å²) < 4.78 is 1.82. The van der Waals surface area contributed by atoms with Crippen LogP contribution >= 0.6 is 11.3 Å². The average Bonchev–Trinajstić information content (AvgIpc) is 3.08. The Bertz CT molecular complexity index is 776. The lowest BCUT2D eigenvalue weighted by atomic mass is 10.1. The van der Waals surface area contributed by atoms with E-state index < -0.39 is 0 Å². The molecule has 3 rings (SSSR count). The van der Waals surface area contributed by atoms with Gasteiger partial charge in [0.05, 0.1) is 17.1 Å². The molecule has 0 saturated carbocycles. The van der Waals surface area contributed by atoms with Crippen molar-refractivity contribution in [2.24, 2.45) is 7.05 Å². The largest absolute Gasteiger partial charge is 0.362 e. The van der Waals surface area contributed by atoms with Gasteiger partial charge < -0.3 is 5.32 Å². The third kappa shape index (κ3) is 2.70. The number of nitrogens with zero attached hydrogens (tertiary/aromatic N) is 4. The van der Waals surface area contributed by atoms with Gasteiger partial charge in [-0.15, -0.1) is 11.3 Å². The highest BCUT2D eigenvalue weighted by atomic mass is 32.1. The van der Waals surface area contributed by atoms with Gasteiger partial charge in [-0.05, 0) is 31.7 Å². The number of thiophene rings is 1. The highest BCUT2D eigenvalue weighted by Gasteiger charge is 2.18. The van der Waals surface area contributed by atoms with Gasteiger partial charge in [0.25, 0.3) is 0 Å². The van der Waals surface area contributed by atoms with E-state index in [1.807, 2.05) is 25.6 Å². The van der Waals surface area contributed by atoms with Crippen LogP contribution < -0.4 is 5.32 Å². The summed E-state index contributed by atoms with van der Waals surface area (Å²) in [5.74, 6) is 1.65. The minimum Gasteiger partial charge on any atom is -0.362 e. The quantitative estimate of drug-likeness (QED) is 0.773. The molecule has 0 aliphatic heterocycles. The monoisotopic (exact) mass is 315 g/mol. The number of anilines is 1. The van der Waals surface area contributed by atoms with Crippen molar-refractivity contribution < 1.29 is 0 Å². The molecule has 5 nitrogen and oxygen atoms in total. The van der Waals surface area contributed by atoms with Crippen LogP contribution in [0.4, 0.5) is 5.82 Å². The third-order valence-corrected chi connectivity index (χ3v) is 4.73. The molecule has 6 heteroatoms. The van der Waals surface area contributed by atoms with Crippen molar-refractivity contribution >= 4 is 28.2 Å². The Hall–Kier alpha value is -1.95. The van der Waals surface area contributed by atoms with Crippen LogP contribution in [-0.4, -0.2) is 19.7 Å². The van der Waals surface area contributed by atoms with Crippen LogP contribution in [0.15, 0.2) is 17.5 Å². The van der Waals surface area contributed by atoms with Gasteiger partial charge in [0.1, 0.15) is 11.6 Å². The minimum absolute atomic E-state index is 0.280. The van der Waals surface area contributed by atoms with Crippen LogP contribution in [0.5, 0.6) is 0 Å². The Morgan fingerprint density at radius 1 is 1.32 bits per heavy atom. The normalized spacial score (nSPS) is 12.7. The maximum absolute atomic E-state index is 4.64. The van der Waals surface area contributed by atoms with Gasteiger partial charge in [-0.3, -0.25) is 4.68 Å². The van der Waals surface area contributed by atoms with Gasteiger partial charge >= 0.3 is 0 Å². The lowest BCUT2D eigenvalue weighted by molar-refractivity contribution is 0.684. The van der Waals surface area contributed by atoms with E-state index in [1.165, 1.54) is 4.88 Å². The van der Waals surface area contributed by atoms with E-state index in [1.54, 1.807) is 11.3 Å². The number of nitrogens with one attached hydrogen (secondary N) is 1. The summed E-state index contributed by atoms with van der Waals surface area (Å²) in [4.78, 5) is 10.5. The number of hydrogen-bond donors (Lipinski definition) is 1. The molecule has 3 aromatic heterocycles. The maximum Gasteiger partial charge on any atom is 0.163 e. The SMILES string of the molecule is CCC[C@H](Nc1nc(C)nc2c1c(C)nn2C)c1cccs1. The van der Waals surface area contributed by atoms with E-state index in [-0.39, 0.29) is 6.04 Å². The van der Waals surface area contributed by atoms with Crippen molar-refractivity contribution in [3.05, 3.63) is 33.9 Å². The zero-order valence-corrected chi connectivity index (χ0v) is 14.2. The molecule has 1 atom stereocenters. The molecule has 0 radical (unpaired) electrons. The molecule has 0 aromatic carbocycles. The second-order valence-electron chi connectivity index (χ2n) is 5.53. The van der Waals surface area contributed by atoms with Crippen molar-refractivity contribution in [2.75, 3.05) is 5.32 Å².